The van der Waals surface area contributed by atoms with Gasteiger partial charge in [0.15, 0.2) is 0 Å². The first-order chi connectivity index (χ1) is 11.1. The Morgan fingerprint density at radius 2 is 1.88 bits per heavy atom. The quantitative estimate of drug-likeness (QED) is 0.837. The molecule has 0 aromatic heterocycles. The number of amides is 1. The fraction of sp³-hybridized carbons (Fsp3) is 0.947. The van der Waals surface area contributed by atoms with E-state index < -0.39 is 11.3 Å². The van der Waals surface area contributed by atoms with Crippen molar-refractivity contribution in [1.29, 1.82) is 0 Å². The molecule has 0 aromatic rings. The predicted molar refractivity (Wildman–Crippen MR) is 93.7 cm³/mol. The van der Waals surface area contributed by atoms with Gasteiger partial charge >= 0.3 is 6.09 Å². The van der Waals surface area contributed by atoms with E-state index in [1.54, 1.807) is 4.90 Å². The van der Waals surface area contributed by atoms with Crippen molar-refractivity contribution < 1.29 is 19.4 Å². The summed E-state index contributed by atoms with van der Waals surface area (Å²) in [5.74, 6) is 0.632. The molecule has 2 rings (SSSR count). The lowest BCUT2D eigenvalue weighted by atomic mass is 9.83. The number of hydrogen-bond acceptors (Lipinski definition) is 4. The molecule has 0 aromatic carbocycles. The van der Waals surface area contributed by atoms with E-state index in [9.17, 15) is 9.90 Å². The summed E-state index contributed by atoms with van der Waals surface area (Å²) >= 11 is 0. The molecule has 1 heterocycles. The van der Waals surface area contributed by atoms with E-state index in [0.717, 1.165) is 6.42 Å². The average Bonchev–Trinajstić information content (AvgIpc) is 2.69. The van der Waals surface area contributed by atoms with Crippen molar-refractivity contribution >= 4 is 6.09 Å². The molecule has 2 aliphatic rings. The van der Waals surface area contributed by atoms with Crippen LogP contribution in [0, 0.1) is 5.92 Å². The largest absolute Gasteiger partial charge is 0.444 e. The van der Waals surface area contributed by atoms with Crippen LogP contribution in [0.2, 0.25) is 0 Å². The Balaban J connectivity index is 2.18. The van der Waals surface area contributed by atoms with Crippen molar-refractivity contribution in [2.75, 3.05) is 6.61 Å². The third-order valence-electron chi connectivity index (χ3n) is 5.08. The van der Waals surface area contributed by atoms with Gasteiger partial charge in [-0.3, -0.25) is 4.90 Å². The highest BCUT2D eigenvalue weighted by atomic mass is 16.6. The summed E-state index contributed by atoms with van der Waals surface area (Å²) in [4.78, 5) is 14.6. The van der Waals surface area contributed by atoms with Crippen molar-refractivity contribution in [3.05, 3.63) is 0 Å². The maximum atomic E-state index is 12.8. The second-order valence-electron chi connectivity index (χ2n) is 8.77. The Kier molecular flexibility index (Phi) is 6.19. The number of nitrogens with zero attached hydrogens (tertiary/aromatic N) is 1. The van der Waals surface area contributed by atoms with E-state index >= 15 is 0 Å². The first kappa shape index (κ1) is 19.5. The van der Waals surface area contributed by atoms with Crippen molar-refractivity contribution in [2.24, 2.45) is 5.92 Å². The van der Waals surface area contributed by atoms with Gasteiger partial charge in [0.25, 0.3) is 0 Å². The van der Waals surface area contributed by atoms with Gasteiger partial charge in [-0.25, -0.2) is 4.79 Å². The van der Waals surface area contributed by atoms with E-state index in [0.29, 0.717) is 12.3 Å². The number of hydrogen-bond donors (Lipinski definition) is 1. The lowest BCUT2D eigenvalue weighted by molar-refractivity contribution is -0.0815. The van der Waals surface area contributed by atoms with Crippen LogP contribution in [-0.2, 0) is 9.47 Å². The van der Waals surface area contributed by atoms with E-state index in [-0.39, 0.29) is 24.8 Å². The molecule has 2 atom stereocenters. The number of aliphatic hydroxyl groups excluding tert-OH is 1. The van der Waals surface area contributed by atoms with Crippen LogP contribution in [0.3, 0.4) is 0 Å². The molecule has 1 aliphatic heterocycles. The van der Waals surface area contributed by atoms with Gasteiger partial charge in [0.2, 0.25) is 0 Å². The summed E-state index contributed by atoms with van der Waals surface area (Å²) in [5.41, 5.74) is -1.24. The van der Waals surface area contributed by atoms with Gasteiger partial charge < -0.3 is 14.6 Å². The molecule has 2 fully saturated rings. The third-order valence-corrected chi connectivity index (χ3v) is 5.08. The molecular formula is C19H35NO4. The van der Waals surface area contributed by atoms with Crippen molar-refractivity contribution in [3.63, 3.8) is 0 Å². The number of aliphatic hydroxyl groups is 1. The molecule has 5 nitrogen and oxygen atoms in total. The van der Waals surface area contributed by atoms with E-state index in [1.165, 1.54) is 32.1 Å². The summed E-state index contributed by atoms with van der Waals surface area (Å²) in [6.45, 7) is 9.57. The Labute approximate surface area is 146 Å². The van der Waals surface area contributed by atoms with Crippen LogP contribution in [0.4, 0.5) is 4.79 Å². The first-order valence-electron chi connectivity index (χ1n) is 9.45. The number of rotatable bonds is 4. The predicted octanol–water partition coefficient (Wildman–Crippen LogP) is 4.08. The molecule has 1 amide bonds. The van der Waals surface area contributed by atoms with Crippen LogP contribution in [0.25, 0.3) is 0 Å². The van der Waals surface area contributed by atoms with Crippen molar-refractivity contribution in [1.82, 2.24) is 4.90 Å². The molecule has 24 heavy (non-hydrogen) atoms. The fourth-order valence-corrected chi connectivity index (χ4v) is 4.14. The summed E-state index contributed by atoms with van der Waals surface area (Å²) in [6, 6.07) is -0.0231. The molecule has 140 valence electrons. The highest BCUT2D eigenvalue weighted by Gasteiger charge is 2.51. The van der Waals surface area contributed by atoms with Crippen LogP contribution in [-0.4, -0.2) is 46.2 Å². The second kappa shape index (κ2) is 7.61. The van der Waals surface area contributed by atoms with Gasteiger partial charge in [0.05, 0.1) is 12.1 Å². The number of carbonyl (C=O) groups excluding carboxylic acids is 1. The molecule has 1 N–H and O–H groups in total. The van der Waals surface area contributed by atoms with Crippen molar-refractivity contribution in [2.45, 2.75) is 103 Å². The standard InChI is InChI=1S/C19H35NO4/c1-18(2,3)24-17(22)20-15(13-14-9-7-6-8-10-14)16(11-12-21)23-19(20,4)5/h14-16,21H,6-13H2,1-5H3/t15-,16-/m0/s1. The molecule has 1 aliphatic carbocycles. The van der Waals surface area contributed by atoms with Crippen LogP contribution in [0.5, 0.6) is 0 Å². The minimum absolute atomic E-state index is 0.0231. The second-order valence-corrected chi connectivity index (χ2v) is 8.77. The minimum Gasteiger partial charge on any atom is -0.444 e. The zero-order valence-corrected chi connectivity index (χ0v) is 16.0. The van der Waals surface area contributed by atoms with E-state index in [4.69, 9.17) is 9.47 Å². The average molecular weight is 341 g/mol. The topological polar surface area (TPSA) is 59.0 Å². The lowest BCUT2D eigenvalue weighted by Gasteiger charge is -2.36. The van der Waals surface area contributed by atoms with Crippen LogP contribution >= 0.6 is 0 Å². The smallest absolute Gasteiger partial charge is 0.412 e. The summed E-state index contributed by atoms with van der Waals surface area (Å²) in [7, 11) is 0. The lowest BCUT2D eigenvalue weighted by Crippen LogP contribution is -2.50. The van der Waals surface area contributed by atoms with E-state index in [2.05, 4.69) is 0 Å². The third kappa shape index (κ3) is 4.85. The molecular weight excluding hydrogens is 306 g/mol. The highest BCUT2D eigenvalue weighted by Crippen LogP contribution is 2.40. The molecule has 5 heteroatoms. The Hall–Kier alpha value is -0.810. The van der Waals surface area contributed by atoms with Crippen LogP contribution < -0.4 is 0 Å². The van der Waals surface area contributed by atoms with Crippen LogP contribution in [0.1, 0.15) is 79.6 Å². The molecule has 0 bridgehead atoms. The normalized spacial score (nSPS) is 28.2. The molecule has 0 radical (unpaired) electrons. The van der Waals surface area contributed by atoms with Gasteiger partial charge in [-0.05, 0) is 53.4 Å². The van der Waals surface area contributed by atoms with Gasteiger partial charge in [-0.1, -0.05) is 32.1 Å². The van der Waals surface area contributed by atoms with Gasteiger partial charge in [-0.15, -0.1) is 0 Å². The monoisotopic (exact) mass is 341 g/mol. The Morgan fingerprint density at radius 3 is 2.42 bits per heavy atom. The zero-order chi connectivity index (χ0) is 18.0. The fourth-order valence-electron chi connectivity index (χ4n) is 4.14. The highest BCUT2D eigenvalue weighted by molar-refractivity contribution is 5.70. The molecule has 0 spiro atoms. The Morgan fingerprint density at radius 1 is 1.25 bits per heavy atom. The molecule has 1 saturated heterocycles. The van der Waals surface area contributed by atoms with Crippen LogP contribution in [0.15, 0.2) is 0 Å². The summed E-state index contributed by atoms with van der Waals surface area (Å²) < 4.78 is 11.8. The van der Waals surface area contributed by atoms with Gasteiger partial charge in [0.1, 0.15) is 11.3 Å². The zero-order valence-electron chi connectivity index (χ0n) is 16.0. The number of carbonyl (C=O) groups is 1. The van der Waals surface area contributed by atoms with Gasteiger partial charge in [-0.2, -0.15) is 0 Å². The summed E-state index contributed by atoms with van der Waals surface area (Å²) in [6.07, 6.45) is 7.38. The molecule has 1 saturated carbocycles. The van der Waals surface area contributed by atoms with Gasteiger partial charge in [0, 0.05) is 6.61 Å². The first-order valence-corrected chi connectivity index (χ1v) is 9.45. The molecule has 0 unspecified atom stereocenters. The number of ether oxygens (including phenoxy) is 2. The van der Waals surface area contributed by atoms with E-state index in [1.807, 2.05) is 34.6 Å². The Bertz CT molecular complexity index is 424. The SMILES string of the molecule is CC(C)(C)OC(=O)N1[C@@H](CC2CCCCC2)[C@H](CCO)OC1(C)C. The van der Waals surface area contributed by atoms with Crippen molar-refractivity contribution in [3.8, 4) is 0 Å². The minimum atomic E-state index is -0.707. The maximum absolute atomic E-state index is 12.8. The maximum Gasteiger partial charge on any atom is 0.412 e. The summed E-state index contributed by atoms with van der Waals surface area (Å²) in [5, 5.41) is 9.42.